The van der Waals surface area contributed by atoms with Crippen LogP contribution in [0.2, 0.25) is 0 Å². The molecule has 0 amide bonds. The minimum atomic E-state index is -0.398. The fourth-order valence-electron chi connectivity index (χ4n) is 4.56. The van der Waals surface area contributed by atoms with Crippen LogP contribution in [0.3, 0.4) is 0 Å². The summed E-state index contributed by atoms with van der Waals surface area (Å²) in [4.78, 5) is 15.9. The van der Waals surface area contributed by atoms with Gasteiger partial charge < -0.3 is 19.9 Å². The van der Waals surface area contributed by atoms with E-state index in [-0.39, 0.29) is 5.82 Å². The molecule has 4 heterocycles. The van der Waals surface area contributed by atoms with Crippen molar-refractivity contribution in [3.63, 3.8) is 0 Å². The van der Waals surface area contributed by atoms with Gasteiger partial charge in [0.2, 0.25) is 0 Å². The number of hydrogen-bond acceptors (Lipinski definition) is 7. The summed E-state index contributed by atoms with van der Waals surface area (Å²) in [5.41, 5.74) is 5.27. The molecule has 3 atom stereocenters. The largest absolute Gasteiger partial charge is 0.368 e. The molecular formula is C23H26FN7S. The summed E-state index contributed by atoms with van der Waals surface area (Å²) >= 11 is 4.78. The number of piperazine rings is 1. The van der Waals surface area contributed by atoms with Crippen molar-refractivity contribution in [3.05, 3.63) is 60.1 Å². The summed E-state index contributed by atoms with van der Waals surface area (Å²) in [6.45, 7) is 8.03. The van der Waals surface area contributed by atoms with Crippen LogP contribution in [0.15, 0.2) is 43.0 Å². The van der Waals surface area contributed by atoms with Crippen molar-refractivity contribution in [2.24, 2.45) is 0 Å². The number of nitrogens with zero attached hydrogens (tertiary/aromatic N) is 5. The van der Waals surface area contributed by atoms with Gasteiger partial charge in [-0.25, -0.2) is 9.37 Å². The maximum Gasteiger partial charge on any atom is 0.173 e. The first-order valence-corrected chi connectivity index (χ1v) is 11.2. The Morgan fingerprint density at radius 3 is 2.59 bits per heavy atom. The molecule has 9 heteroatoms. The first-order chi connectivity index (χ1) is 15.4. The third-order valence-electron chi connectivity index (χ3n) is 5.76. The van der Waals surface area contributed by atoms with Crippen LogP contribution in [0.25, 0.3) is 16.7 Å². The average Bonchev–Trinajstić information content (AvgIpc) is 3.13. The van der Waals surface area contributed by atoms with Crippen molar-refractivity contribution in [1.82, 2.24) is 24.7 Å². The summed E-state index contributed by atoms with van der Waals surface area (Å²) in [6, 6.07) is 6.34. The van der Waals surface area contributed by atoms with Gasteiger partial charge in [0.1, 0.15) is 5.52 Å². The normalized spacial score (nSPS) is 20.1. The van der Waals surface area contributed by atoms with Crippen LogP contribution in [0, 0.1) is 12.7 Å². The van der Waals surface area contributed by atoms with E-state index >= 15 is 0 Å². The van der Waals surface area contributed by atoms with E-state index in [2.05, 4.69) is 50.4 Å². The Balaban J connectivity index is 1.49. The lowest BCUT2D eigenvalue weighted by molar-refractivity contribution is 0.407. The van der Waals surface area contributed by atoms with Crippen LogP contribution in [-0.2, 0) is 0 Å². The highest BCUT2D eigenvalue weighted by Gasteiger charge is 2.24. The van der Waals surface area contributed by atoms with E-state index in [1.54, 1.807) is 23.0 Å². The van der Waals surface area contributed by atoms with E-state index in [0.717, 1.165) is 41.1 Å². The van der Waals surface area contributed by atoms with E-state index in [0.29, 0.717) is 23.4 Å². The first kappa shape index (κ1) is 21.0. The Morgan fingerprint density at radius 1 is 1.12 bits per heavy atom. The molecule has 5 rings (SSSR count). The summed E-state index contributed by atoms with van der Waals surface area (Å²) in [7, 11) is 0. The van der Waals surface area contributed by atoms with Crippen LogP contribution in [-0.4, -0.2) is 44.5 Å². The van der Waals surface area contributed by atoms with Gasteiger partial charge in [0.25, 0.3) is 0 Å². The highest BCUT2D eigenvalue weighted by molar-refractivity contribution is 7.80. The number of thiol groups is 1. The smallest absolute Gasteiger partial charge is 0.173 e. The number of imidazole rings is 1. The molecule has 0 saturated carbocycles. The molecule has 1 fully saturated rings. The maximum atomic E-state index is 14.5. The van der Waals surface area contributed by atoms with Crippen LogP contribution < -0.4 is 15.5 Å². The third kappa shape index (κ3) is 3.86. The Labute approximate surface area is 191 Å². The van der Waals surface area contributed by atoms with Gasteiger partial charge in [-0.3, -0.25) is 9.97 Å². The molecule has 0 spiro atoms. The predicted octanol–water partition coefficient (Wildman–Crippen LogP) is 3.95. The molecular weight excluding hydrogens is 425 g/mol. The number of fused-ring (bicyclic) bond motifs is 2. The molecule has 1 saturated heterocycles. The monoisotopic (exact) mass is 451 g/mol. The molecule has 166 valence electrons. The highest BCUT2D eigenvalue weighted by Crippen LogP contribution is 2.33. The van der Waals surface area contributed by atoms with E-state index in [1.165, 1.54) is 6.07 Å². The summed E-state index contributed by atoms with van der Waals surface area (Å²) in [6.07, 6.45) is 7.02. The fraction of sp³-hybridized carbons (Fsp3) is 0.348. The van der Waals surface area contributed by atoms with Crippen molar-refractivity contribution < 1.29 is 4.39 Å². The topological polar surface area (TPSA) is 70.4 Å². The number of anilines is 2. The second-order valence-corrected chi connectivity index (χ2v) is 9.05. The summed E-state index contributed by atoms with van der Waals surface area (Å²) < 4.78 is 16.2. The number of benzene rings is 1. The zero-order valence-corrected chi connectivity index (χ0v) is 19.1. The number of hydrogen-bond donors (Lipinski definition) is 3. The van der Waals surface area contributed by atoms with Gasteiger partial charge in [0.05, 0.1) is 28.0 Å². The van der Waals surface area contributed by atoms with Crippen molar-refractivity contribution in [2.45, 2.75) is 38.2 Å². The zero-order chi connectivity index (χ0) is 22.4. The van der Waals surface area contributed by atoms with E-state index < -0.39 is 5.37 Å². The van der Waals surface area contributed by atoms with Gasteiger partial charge in [-0.1, -0.05) is 6.07 Å². The number of rotatable bonds is 4. The van der Waals surface area contributed by atoms with Crippen LogP contribution in [0.1, 0.15) is 30.5 Å². The second-order valence-electron chi connectivity index (χ2n) is 8.54. The molecule has 1 unspecified atom stereocenters. The van der Waals surface area contributed by atoms with Gasteiger partial charge in [0, 0.05) is 61.6 Å². The SMILES string of the molecule is Cc1cn2cc(NC(S)c3ccc(N4C[C@@H](C)N[C@@H](C)C4)c4nccnc34)cc(F)c2n1. The van der Waals surface area contributed by atoms with Crippen molar-refractivity contribution in [1.29, 1.82) is 0 Å². The average molecular weight is 452 g/mol. The molecule has 3 aromatic heterocycles. The molecule has 0 aliphatic carbocycles. The Kier molecular flexibility index (Phi) is 5.38. The number of nitrogens with one attached hydrogen (secondary N) is 2. The Bertz CT molecular complexity index is 1280. The molecule has 0 bridgehead atoms. The molecule has 0 radical (unpaired) electrons. The van der Waals surface area contributed by atoms with E-state index in [1.807, 2.05) is 19.2 Å². The molecule has 4 aromatic rings. The van der Waals surface area contributed by atoms with Crippen LogP contribution in [0.5, 0.6) is 0 Å². The Hall–Kier alpha value is -2.91. The molecule has 32 heavy (non-hydrogen) atoms. The van der Waals surface area contributed by atoms with Crippen LogP contribution in [0.4, 0.5) is 15.8 Å². The van der Waals surface area contributed by atoms with Crippen molar-refractivity contribution >= 4 is 40.7 Å². The maximum absolute atomic E-state index is 14.5. The number of pyridine rings is 1. The van der Waals surface area contributed by atoms with Gasteiger partial charge in [-0.05, 0) is 26.8 Å². The molecule has 2 N–H and O–H groups in total. The highest BCUT2D eigenvalue weighted by atomic mass is 32.1. The minimum absolute atomic E-state index is 0.309. The van der Waals surface area contributed by atoms with Crippen LogP contribution >= 0.6 is 12.6 Å². The van der Waals surface area contributed by atoms with Gasteiger partial charge in [0.15, 0.2) is 11.5 Å². The van der Waals surface area contributed by atoms with E-state index in [9.17, 15) is 4.39 Å². The Morgan fingerprint density at radius 2 is 1.84 bits per heavy atom. The van der Waals surface area contributed by atoms with Crippen molar-refractivity contribution in [2.75, 3.05) is 23.3 Å². The summed E-state index contributed by atoms with van der Waals surface area (Å²) in [5, 5.41) is 6.46. The minimum Gasteiger partial charge on any atom is -0.368 e. The van der Waals surface area contributed by atoms with E-state index in [4.69, 9.17) is 12.6 Å². The lowest BCUT2D eigenvalue weighted by atomic mass is 10.1. The predicted molar refractivity (Wildman–Crippen MR) is 129 cm³/mol. The molecule has 7 nitrogen and oxygen atoms in total. The number of halogens is 1. The standard InChI is InChI=1S/C23H26FN7S/c1-13-9-30(10-14(2)27-13)19-5-4-17(20-21(19)26-7-6-25-20)23(32)29-16-8-18(24)22-28-15(3)11-31(22)12-16/h4-8,11-14,23,27,29,32H,9-10H2,1-3H3/t13-,14+,23?. The summed E-state index contributed by atoms with van der Waals surface area (Å²) in [5.74, 6) is -0.384. The first-order valence-electron chi connectivity index (χ1n) is 10.7. The van der Waals surface area contributed by atoms with Gasteiger partial charge in [-0.2, -0.15) is 0 Å². The third-order valence-corrected chi connectivity index (χ3v) is 6.17. The second kappa shape index (κ2) is 8.22. The van der Waals surface area contributed by atoms with Gasteiger partial charge in [-0.15, -0.1) is 12.6 Å². The lowest BCUT2D eigenvalue weighted by Crippen LogP contribution is -2.54. The number of aromatic nitrogens is 4. The quantitative estimate of drug-likeness (QED) is 0.322. The molecule has 1 aliphatic rings. The van der Waals surface area contributed by atoms with Crippen molar-refractivity contribution in [3.8, 4) is 0 Å². The molecule has 1 aromatic carbocycles. The number of aryl methyl sites for hydroxylation is 1. The molecule has 1 aliphatic heterocycles. The fourth-order valence-corrected chi connectivity index (χ4v) is 4.91. The van der Waals surface area contributed by atoms with Gasteiger partial charge >= 0.3 is 0 Å². The lowest BCUT2D eigenvalue weighted by Gasteiger charge is -2.38. The zero-order valence-electron chi connectivity index (χ0n) is 18.2.